The van der Waals surface area contributed by atoms with Crippen LogP contribution in [0.5, 0.6) is 11.8 Å². The summed E-state index contributed by atoms with van der Waals surface area (Å²) in [6.45, 7) is 12.5. The van der Waals surface area contributed by atoms with Crippen LogP contribution in [0.4, 0.5) is 11.6 Å². The summed E-state index contributed by atoms with van der Waals surface area (Å²) in [6.07, 6.45) is 2.52. The van der Waals surface area contributed by atoms with Gasteiger partial charge in [0.2, 0.25) is 17.7 Å². The van der Waals surface area contributed by atoms with Gasteiger partial charge in [-0.3, -0.25) is 4.79 Å². The molecule has 1 fully saturated rings. The molecule has 5 rings (SSSR count). The highest BCUT2D eigenvalue weighted by molar-refractivity contribution is 6.03. The van der Waals surface area contributed by atoms with Gasteiger partial charge in [0.15, 0.2) is 11.4 Å². The van der Waals surface area contributed by atoms with Gasteiger partial charge in [0.25, 0.3) is 5.91 Å². The molecule has 0 saturated carbocycles. The Labute approximate surface area is 241 Å². The number of ether oxygens (including phenoxy) is 3. The SMILES string of the molecule is COc1nc(NC2CCN(C)CC2)nc(OC)c1NC(=O)c1ccc(Cc2cc3c(cc2C)C(C)(C)OC3(C)C)o1. The van der Waals surface area contributed by atoms with Crippen molar-refractivity contribution in [3.8, 4) is 11.8 Å². The van der Waals surface area contributed by atoms with Gasteiger partial charge in [-0.1, -0.05) is 12.1 Å². The molecule has 10 heteroatoms. The van der Waals surface area contributed by atoms with Crippen LogP contribution in [-0.2, 0) is 22.4 Å². The molecule has 0 spiro atoms. The fraction of sp³-hybridized carbons (Fsp3) is 0.516. The zero-order valence-electron chi connectivity index (χ0n) is 25.3. The number of methoxy groups -OCH3 is 2. The Kier molecular flexibility index (Phi) is 7.74. The zero-order chi connectivity index (χ0) is 29.5. The Morgan fingerprint density at radius 1 is 1.02 bits per heavy atom. The lowest BCUT2D eigenvalue weighted by Crippen LogP contribution is -2.37. The standard InChI is InChI=1S/C31H41N5O5/c1-18-15-22-23(31(4,5)41-30(22,2)3)17-19(18)16-21-9-10-24(40-21)26(37)33-25-27(38-7)34-29(35-28(25)39-8)32-20-11-13-36(6)14-12-20/h9-10,15,17,20H,11-14,16H2,1-8H3,(H,33,37)(H,32,34,35). The fourth-order valence-corrected chi connectivity index (χ4v) is 5.87. The number of benzene rings is 1. The maximum absolute atomic E-state index is 13.2. The maximum atomic E-state index is 13.2. The van der Waals surface area contributed by atoms with E-state index in [2.05, 4.69) is 79.3 Å². The second-order valence-electron chi connectivity index (χ2n) is 12.0. The Morgan fingerprint density at radius 3 is 2.24 bits per heavy atom. The van der Waals surface area contributed by atoms with E-state index in [0.29, 0.717) is 18.1 Å². The van der Waals surface area contributed by atoms with Crippen molar-refractivity contribution in [2.75, 3.05) is 45.0 Å². The minimum absolute atomic E-state index is 0.168. The van der Waals surface area contributed by atoms with Gasteiger partial charge in [0.1, 0.15) is 5.76 Å². The molecule has 2 aromatic heterocycles. The van der Waals surface area contributed by atoms with E-state index >= 15 is 0 Å². The molecule has 0 bridgehead atoms. The number of carbonyl (C=O) groups excluding carboxylic acids is 1. The molecule has 2 N–H and O–H groups in total. The lowest BCUT2D eigenvalue weighted by atomic mass is 9.86. The number of hydrogen-bond acceptors (Lipinski definition) is 9. The number of aryl methyl sites for hydroxylation is 1. The third-order valence-corrected chi connectivity index (χ3v) is 8.05. The van der Waals surface area contributed by atoms with E-state index in [-0.39, 0.29) is 40.5 Å². The first-order valence-corrected chi connectivity index (χ1v) is 14.1. The highest BCUT2D eigenvalue weighted by Gasteiger charge is 2.43. The molecule has 1 amide bonds. The summed E-state index contributed by atoms with van der Waals surface area (Å²) in [5, 5.41) is 6.19. The van der Waals surface area contributed by atoms with Crippen LogP contribution in [0.1, 0.15) is 79.1 Å². The zero-order valence-corrected chi connectivity index (χ0v) is 25.3. The number of amides is 1. The lowest BCUT2D eigenvalue weighted by Gasteiger charge is -2.29. The number of furan rings is 1. The molecule has 3 aromatic rings. The summed E-state index contributed by atoms with van der Waals surface area (Å²) >= 11 is 0. The Balaban J connectivity index is 1.32. The Bertz CT molecular complexity index is 1410. The molecule has 10 nitrogen and oxygen atoms in total. The first kappa shape index (κ1) is 28.9. The van der Waals surface area contributed by atoms with Crippen molar-refractivity contribution >= 4 is 17.5 Å². The van der Waals surface area contributed by atoms with E-state index in [4.69, 9.17) is 18.6 Å². The fourth-order valence-electron chi connectivity index (χ4n) is 5.87. The number of likely N-dealkylation sites (tertiary alicyclic amines) is 1. The largest absolute Gasteiger partial charge is 0.479 e. The molecule has 4 heterocycles. The van der Waals surface area contributed by atoms with Crippen molar-refractivity contribution in [2.45, 2.75) is 71.1 Å². The monoisotopic (exact) mass is 563 g/mol. The highest BCUT2D eigenvalue weighted by atomic mass is 16.5. The Morgan fingerprint density at radius 2 is 1.63 bits per heavy atom. The van der Waals surface area contributed by atoms with Crippen molar-refractivity contribution in [1.29, 1.82) is 0 Å². The number of piperidine rings is 1. The van der Waals surface area contributed by atoms with Gasteiger partial charge in [0.05, 0.1) is 25.4 Å². The number of anilines is 2. The van der Waals surface area contributed by atoms with Crippen LogP contribution < -0.4 is 20.1 Å². The maximum Gasteiger partial charge on any atom is 0.291 e. The quantitative estimate of drug-likeness (QED) is 0.380. The van der Waals surface area contributed by atoms with Gasteiger partial charge in [0, 0.05) is 12.5 Å². The van der Waals surface area contributed by atoms with Gasteiger partial charge in [-0.25, -0.2) is 0 Å². The van der Waals surface area contributed by atoms with Crippen LogP contribution in [0.3, 0.4) is 0 Å². The van der Waals surface area contributed by atoms with E-state index in [9.17, 15) is 4.79 Å². The van der Waals surface area contributed by atoms with E-state index in [1.807, 2.05) is 6.07 Å². The van der Waals surface area contributed by atoms with Crippen molar-refractivity contribution in [1.82, 2.24) is 14.9 Å². The van der Waals surface area contributed by atoms with Crippen LogP contribution in [0, 0.1) is 6.92 Å². The van der Waals surface area contributed by atoms with Gasteiger partial charge in [-0.05, 0) is 102 Å². The topological polar surface area (TPSA) is 111 Å². The predicted octanol–water partition coefficient (Wildman–Crippen LogP) is 5.24. The van der Waals surface area contributed by atoms with E-state index in [1.165, 1.54) is 25.3 Å². The van der Waals surface area contributed by atoms with Gasteiger partial charge in [-0.15, -0.1) is 0 Å². The smallest absolute Gasteiger partial charge is 0.291 e. The number of rotatable bonds is 8. The normalized spacial score (nSPS) is 18.1. The third kappa shape index (κ3) is 5.90. The van der Waals surface area contributed by atoms with E-state index < -0.39 is 5.91 Å². The summed E-state index contributed by atoms with van der Waals surface area (Å²) in [5.41, 5.74) is 4.19. The van der Waals surface area contributed by atoms with Crippen LogP contribution in [-0.4, -0.2) is 61.2 Å². The summed E-state index contributed by atoms with van der Waals surface area (Å²) in [5.74, 6) is 1.20. The first-order chi connectivity index (χ1) is 19.4. The van der Waals surface area contributed by atoms with Gasteiger partial charge in [-0.2, -0.15) is 9.97 Å². The molecular formula is C31H41N5O5. The number of aromatic nitrogens is 2. The first-order valence-electron chi connectivity index (χ1n) is 14.1. The molecule has 0 unspecified atom stereocenters. The van der Waals surface area contributed by atoms with Crippen LogP contribution in [0.2, 0.25) is 0 Å². The van der Waals surface area contributed by atoms with Gasteiger partial charge < -0.3 is 34.2 Å². The predicted molar refractivity (Wildman–Crippen MR) is 157 cm³/mol. The lowest BCUT2D eigenvalue weighted by molar-refractivity contribution is -0.105. The van der Waals surface area contributed by atoms with Gasteiger partial charge >= 0.3 is 0 Å². The van der Waals surface area contributed by atoms with E-state index in [1.54, 1.807) is 6.07 Å². The second-order valence-corrected chi connectivity index (χ2v) is 12.0. The summed E-state index contributed by atoms with van der Waals surface area (Å²) < 4.78 is 23.3. The summed E-state index contributed by atoms with van der Waals surface area (Å²) in [7, 11) is 5.10. The van der Waals surface area contributed by atoms with Crippen molar-refractivity contribution in [3.05, 3.63) is 58.0 Å². The van der Waals surface area contributed by atoms with Crippen LogP contribution in [0.15, 0.2) is 28.7 Å². The average Bonchev–Trinajstić information content (AvgIpc) is 3.45. The molecule has 1 aromatic carbocycles. The number of nitrogens with zero attached hydrogens (tertiary/aromatic N) is 3. The number of nitrogens with one attached hydrogen (secondary N) is 2. The molecule has 220 valence electrons. The molecular weight excluding hydrogens is 522 g/mol. The molecule has 0 atom stereocenters. The number of fused-ring (bicyclic) bond motifs is 1. The van der Waals surface area contributed by atoms with Crippen LogP contribution in [0.25, 0.3) is 0 Å². The minimum atomic E-state index is -0.450. The molecule has 1 saturated heterocycles. The Hall–Kier alpha value is -3.63. The van der Waals surface area contributed by atoms with Crippen LogP contribution >= 0.6 is 0 Å². The molecule has 0 aliphatic carbocycles. The minimum Gasteiger partial charge on any atom is -0.479 e. The summed E-state index contributed by atoms with van der Waals surface area (Å²) in [4.78, 5) is 24.5. The van der Waals surface area contributed by atoms with Crippen molar-refractivity contribution in [3.63, 3.8) is 0 Å². The van der Waals surface area contributed by atoms with E-state index in [0.717, 1.165) is 37.1 Å². The van der Waals surface area contributed by atoms with Crippen molar-refractivity contribution < 1.29 is 23.4 Å². The number of hydrogen-bond donors (Lipinski definition) is 2. The average molecular weight is 564 g/mol. The summed E-state index contributed by atoms with van der Waals surface area (Å²) in [6, 6.07) is 8.16. The molecule has 41 heavy (non-hydrogen) atoms. The molecule has 2 aliphatic rings. The number of carbonyl (C=O) groups is 1. The highest BCUT2D eigenvalue weighted by Crippen LogP contribution is 2.47. The third-order valence-electron chi connectivity index (χ3n) is 8.05. The van der Waals surface area contributed by atoms with Crippen molar-refractivity contribution in [2.24, 2.45) is 0 Å². The second kappa shape index (κ2) is 11.0. The molecule has 0 radical (unpaired) electrons. The molecule has 2 aliphatic heterocycles.